The fraction of sp³-hybridized carbons (Fsp3) is 0.389. The first-order valence-corrected chi connectivity index (χ1v) is 12.1. The summed E-state index contributed by atoms with van der Waals surface area (Å²) in [5.74, 6) is -1.40. The maximum absolute atomic E-state index is 13.9. The van der Waals surface area contributed by atoms with Gasteiger partial charge >= 0.3 is 24.5 Å². The quantitative estimate of drug-likeness (QED) is 0.412. The van der Waals surface area contributed by atoms with E-state index in [0.717, 1.165) is 0 Å². The van der Waals surface area contributed by atoms with Crippen LogP contribution in [0.15, 0.2) is 17.0 Å². The number of alkyl halides is 6. The molecule has 0 bridgehead atoms. The minimum absolute atomic E-state index is 0.0118. The fourth-order valence-corrected chi connectivity index (χ4v) is 4.49. The van der Waals surface area contributed by atoms with Crippen molar-refractivity contribution in [2.45, 2.75) is 31.1 Å². The van der Waals surface area contributed by atoms with Gasteiger partial charge in [-0.25, -0.2) is 22.7 Å². The van der Waals surface area contributed by atoms with Crippen LogP contribution >= 0.6 is 23.2 Å². The number of amides is 2. The van der Waals surface area contributed by atoms with E-state index in [0.29, 0.717) is 6.26 Å². The highest BCUT2D eigenvalue weighted by atomic mass is 35.5. The minimum Gasteiger partial charge on any atom is -0.449 e. The molecule has 0 N–H and O–H groups in total. The van der Waals surface area contributed by atoms with E-state index in [4.69, 9.17) is 23.2 Å². The largest absolute Gasteiger partial charge is 0.449 e. The topological polar surface area (TPSA) is 108 Å². The number of rotatable bonds is 5. The molecule has 1 aromatic carbocycles. The van der Waals surface area contributed by atoms with Crippen LogP contribution in [0.2, 0.25) is 10.0 Å². The molecular weight excluding hydrogens is 571 g/mol. The zero-order valence-electron chi connectivity index (χ0n) is 18.3. The second-order valence-corrected chi connectivity index (χ2v) is 9.47. The van der Waals surface area contributed by atoms with Gasteiger partial charge in [0.1, 0.15) is 10.6 Å². The van der Waals surface area contributed by atoms with Gasteiger partial charge in [-0.15, -0.1) is 0 Å². The molecule has 0 saturated heterocycles. The van der Waals surface area contributed by atoms with Crippen molar-refractivity contribution >= 4 is 51.0 Å². The number of nitrogens with zero attached hydrogens (tertiary/aromatic N) is 3. The number of aromatic nitrogens is 2. The normalized spacial score (nSPS) is 12.4. The summed E-state index contributed by atoms with van der Waals surface area (Å²) in [6, 6.07) is 0.557. The zero-order valence-corrected chi connectivity index (χ0v) is 20.6. The van der Waals surface area contributed by atoms with Gasteiger partial charge < -0.3 is 9.47 Å². The number of halogens is 8. The van der Waals surface area contributed by atoms with Gasteiger partial charge in [-0.2, -0.15) is 36.3 Å². The number of carbonyl (C=O) groups is 2. The molecular formula is C18H15Cl2F6N3O6S. The predicted octanol–water partition coefficient (Wildman–Crippen LogP) is 5.74. The summed E-state index contributed by atoms with van der Waals surface area (Å²) < 4.78 is 115. The Bertz CT molecular complexity index is 1250. The van der Waals surface area contributed by atoms with E-state index in [9.17, 15) is 44.3 Å². The van der Waals surface area contributed by atoms with Crippen molar-refractivity contribution in [2.24, 2.45) is 0 Å². The molecule has 18 heteroatoms. The highest BCUT2D eigenvalue weighted by molar-refractivity contribution is 7.91. The number of hydrogen-bond acceptors (Lipinski definition) is 7. The summed E-state index contributed by atoms with van der Waals surface area (Å²) in [4.78, 5) is 23.3. The average molecular weight is 586 g/mol. The lowest BCUT2D eigenvalue weighted by Crippen LogP contribution is -2.40. The minimum atomic E-state index is -5.50. The van der Waals surface area contributed by atoms with E-state index in [1.165, 1.54) is 13.8 Å². The molecule has 0 unspecified atom stereocenters. The third-order valence-corrected chi connectivity index (χ3v) is 5.82. The molecule has 9 nitrogen and oxygen atoms in total. The van der Waals surface area contributed by atoms with Crippen LogP contribution in [-0.4, -0.2) is 49.9 Å². The maximum Gasteiger partial charge on any atom is 0.436 e. The highest BCUT2D eigenvalue weighted by Crippen LogP contribution is 2.44. The van der Waals surface area contributed by atoms with Crippen LogP contribution < -0.4 is 4.90 Å². The molecule has 0 spiro atoms. The molecule has 0 saturated carbocycles. The van der Waals surface area contributed by atoms with Crippen LogP contribution in [0.1, 0.15) is 25.1 Å². The van der Waals surface area contributed by atoms with Crippen LogP contribution in [0.25, 0.3) is 5.69 Å². The van der Waals surface area contributed by atoms with E-state index in [-0.39, 0.29) is 21.7 Å². The highest BCUT2D eigenvalue weighted by Gasteiger charge is 2.47. The van der Waals surface area contributed by atoms with Gasteiger partial charge in [-0.05, 0) is 26.0 Å². The number of ether oxygens (including phenoxy) is 2. The SMILES string of the molecule is CCOC(=O)N(C(=O)OCC)c1c(S(C)(=O)=O)c(C(F)(F)F)nn1-c1c(Cl)cc(C(F)(F)F)cc1Cl. The lowest BCUT2D eigenvalue weighted by Gasteiger charge is -2.22. The Balaban J connectivity index is 3.15. The number of sulfone groups is 1. The second kappa shape index (κ2) is 10.3. The summed E-state index contributed by atoms with van der Waals surface area (Å²) in [5, 5.41) is 1.25. The summed E-state index contributed by atoms with van der Waals surface area (Å²) in [6.07, 6.45) is -13.5. The van der Waals surface area contributed by atoms with Gasteiger partial charge in [0.25, 0.3) is 0 Å². The Morgan fingerprint density at radius 3 is 1.75 bits per heavy atom. The number of imide groups is 1. The number of hydrogen-bond donors (Lipinski definition) is 0. The molecule has 2 amide bonds. The molecule has 0 aliphatic heterocycles. The molecule has 0 fully saturated rings. The molecule has 1 heterocycles. The van der Waals surface area contributed by atoms with Crippen molar-refractivity contribution in [2.75, 3.05) is 24.4 Å². The van der Waals surface area contributed by atoms with Crippen molar-refractivity contribution in [3.8, 4) is 5.69 Å². The van der Waals surface area contributed by atoms with E-state index in [2.05, 4.69) is 14.6 Å². The first-order valence-electron chi connectivity index (χ1n) is 9.46. The van der Waals surface area contributed by atoms with Crippen LogP contribution in [0.4, 0.5) is 41.7 Å². The second-order valence-electron chi connectivity index (χ2n) is 6.70. The van der Waals surface area contributed by atoms with Crippen LogP contribution in [0.5, 0.6) is 0 Å². The van der Waals surface area contributed by atoms with Crippen molar-refractivity contribution < 1.29 is 53.8 Å². The monoisotopic (exact) mass is 585 g/mol. The fourth-order valence-electron chi connectivity index (χ4n) is 2.83. The summed E-state index contributed by atoms with van der Waals surface area (Å²) in [6.45, 7) is 1.68. The Hall–Kier alpha value is -2.72. The molecule has 2 aromatic rings. The van der Waals surface area contributed by atoms with E-state index < -0.39 is 85.3 Å². The van der Waals surface area contributed by atoms with E-state index in [1.54, 1.807) is 0 Å². The van der Waals surface area contributed by atoms with Crippen LogP contribution in [-0.2, 0) is 31.7 Å². The van der Waals surface area contributed by atoms with Crippen LogP contribution in [0, 0.1) is 0 Å². The molecule has 0 aliphatic carbocycles. The molecule has 0 atom stereocenters. The van der Waals surface area contributed by atoms with Crippen molar-refractivity contribution in [1.29, 1.82) is 0 Å². The Labute approximate surface area is 209 Å². The van der Waals surface area contributed by atoms with E-state index in [1.807, 2.05) is 0 Å². The first-order chi connectivity index (χ1) is 16.4. The number of carbonyl (C=O) groups excluding carboxylic acids is 2. The van der Waals surface area contributed by atoms with Crippen molar-refractivity contribution in [3.05, 3.63) is 33.4 Å². The third kappa shape index (κ3) is 5.98. The van der Waals surface area contributed by atoms with E-state index >= 15 is 0 Å². The third-order valence-electron chi connectivity index (χ3n) is 4.13. The molecule has 0 aliphatic rings. The van der Waals surface area contributed by atoms with Gasteiger partial charge in [0.2, 0.25) is 0 Å². The standard InChI is InChI=1S/C18H15Cl2F6N3O6S/c1-4-34-15(30)28(16(31)35-5-2)14-12(36(3,32)33)13(18(24,25)26)27-29(14)11-9(19)6-8(7-10(11)20)17(21,22)23/h6-7H,4-5H2,1-3H3. The van der Waals surface area contributed by atoms with Gasteiger partial charge in [0, 0.05) is 6.26 Å². The molecule has 200 valence electrons. The molecule has 2 rings (SSSR count). The zero-order chi connectivity index (χ0) is 27.8. The van der Waals surface area contributed by atoms with Gasteiger partial charge in [0.05, 0.1) is 28.8 Å². The predicted molar refractivity (Wildman–Crippen MR) is 113 cm³/mol. The first kappa shape index (κ1) is 29.5. The maximum atomic E-state index is 13.9. The summed E-state index contributed by atoms with van der Waals surface area (Å²) in [5.41, 5.74) is -4.42. The summed E-state index contributed by atoms with van der Waals surface area (Å²) in [7, 11) is -4.96. The smallest absolute Gasteiger partial charge is 0.436 e. The Morgan fingerprint density at radius 1 is 0.972 bits per heavy atom. The van der Waals surface area contributed by atoms with Gasteiger partial charge in [0.15, 0.2) is 21.3 Å². The van der Waals surface area contributed by atoms with Crippen molar-refractivity contribution in [1.82, 2.24) is 9.78 Å². The van der Waals surface area contributed by atoms with Crippen molar-refractivity contribution in [3.63, 3.8) is 0 Å². The number of benzene rings is 1. The Kier molecular flexibility index (Phi) is 8.47. The molecule has 36 heavy (non-hydrogen) atoms. The number of anilines is 1. The average Bonchev–Trinajstić information content (AvgIpc) is 3.08. The lowest BCUT2D eigenvalue weighted by atomic mass is 10.2. The van der Waals surface area contributed by atoms with Gasteiger partial charge in [-0.1, -0.05) is 23.2 Å². The lowest BCUT2D eigenvalue weighted by molar-refractivity contribution is -0.143. The molecule has 1 aromatic heterocycles. The van der Waals surface area contributed by atoms with Gasteiger partial charge in [-0.3, -0.25) is 0 Å². The Morgan fingerprint density at radius 2 is 1.42 bits per heavy atom. The molecule has 0 radical (unpaired) electrons. The summed E-state index contributed by atoms with van der Waals surface area (Å²) >= 11 is 11.8. The van der Waals surface area contributed by atoms with Crippen LogP contribution in [0.3, 0.4) is 0 Å².